The molecule has 4 rings (SSSR count). The average Bonchev–Trinajstić information content (AvgIpc) is 3.24. The van der Waals surface area contributed by atoms with Crippen LogP contribution in [0.25, 0.3) is 20.7 Å². The molecule has 33 heavy (non-hydrogen) atoms. The van der Waals surface area contributed by atoms with E-state index in [1.807, 2.05) is 36.4 Å². The molecule has 0 aliphatic rings. The van der Waals surface area contributed by atoms with Crippen molar-refractivity contribution in [1.82, 2.24) is 9.55 Å². The van der Waals surface area contributed by atoms with E-state index in [2.05, 4.69) is 10.3 Å². The number of methoxy groups -OCH3 is 1. The Balaban J connectivity index is 1.61. The Hall–Kier alpha value is -3.08. The first kappa shape index (κ1) is 23.1. The molecule has 0 saturated carbocycles. The summed E-state index contributed by atoms with van der Waals surface area (Å²) in [4.78, 5) is 31.7. The molecule has 0 aliphatic heterocycles. The number of halogens is 2. The first-order valence-corrected chi connectivity index (χ1v) is 11.7. The lowest BCUT2D eigenvalue weighted by molar-refractivity contribution is -0.113. The molecule has 0 unspecified atom stereocenters. The quantitative estimate of drug-likeness (QED) is 0.286. The van der Waals surface area contributed by atoms with Gasteiger partial charge in [0.25, 0.3) is 5.56 Å². The second-order valence-corrected chi connectivity index (χ2v) is 8.97. The van der Waals surface area contributed by atoms with Gasteiger partial charge in [0, 0.05) is 18.1 Å². The number of carbonyl (C=O) groups excluding carboxylic acids is 1. The molecule has 0 aliphatic carbocycles. The van der Waals surface area contributed by atoms with Gasteiger partial charge in [0.2, 0.25) is 5.91 Å². The van der Waals surface area contributed by atoms with Gasteiger partial charge in [-0.2, -0.15) is 0 Å². The van der Waals surface area contributed by atoms with Gasteiger partial charge < -0.3 is 10.1 Å². The van der Waals surface area contributed by atoms with Gasteiger partial charge in [-0.1, -0.05) is 42.1 Å². The van der Waals surface area contributed by atoms with Gasteiger partial charge in [-0.15, -0.1) is 11.3 Å². The number of ether oxygens (including phenoxy) is 1. The van der Waals surface area contributed by atoms with Crippen molar-refractivity contribution in [2.75, 3.05) is 24.8 Å². The van der Waals surface area contributed by atoms with E-state index in [1.165, 1.54) is 23.0 Å². The molecule has 0 fully saturated rings. The van der Waals surface area contributed by atoms with E-state index in [4.69, 9.17) is 4.74 Å². The van der Waals surface area contributed by atoms with Gasteiger partial charge in [-0.3, -0.25) is 14.2 Å². The van der Waals surface area contributed by atoms with Crippen LogP contribution >= 0.6 is 23.1 Å². The van der Waals surface area contributed by atoms with Crippen molar-refractivity contribution in [3.63, 3.8) is 0 Å². The van der Waals surface area contributed by atoms with E-state index in [9.17, 15) is 18.4 Å². The van der Waals surface area contributed by atoms with Gasteiger partial charge in [0.15, 0.2) is 5.16 Å². The summed E-state index contributed by atoms with van der Waals surface area (Å²) in [7, 11) is 1.53. The predicted octanol–water partition coefficient (Wildman–Crippen LogP) is 4.78. The second kappa shape index (κ2) is 10.2. The standard InChI is InChI=1S/C23H19F2N3O3S2/c1-31-10-9-28-22(30)16-12-19(14-5-3-2-4-6-14)33-21(16)27-23(28)32-13-20(29)26-18-8-7-15(24)11-17(18)25/h2-8,11-12H,9-10,13H2,1H3,(H,26,29). The van der Waals surface area contributed by atoms with Crippen LogP contribution < -0.4 is 10.9 Å². The fourth-order valence-electron chi connectivity index (χ4n) is 3.14. The molecule has 1 N–H and O–H groups in total. The Labute approximate surface area is 196 Å². The monoisotopic (exact) mass is 487 g/mol. The van der Waals surface area contributed by atoms with Crippen molar-refractivity contribution in [2.45, 2.75) is 11.7 Å². The number of anilines is 1. The van der Waals surface area contributed by atoms with Gasteiger partial charge in [0.05, 0.1) is 30.0 Å². The number of aromatic nitrogens is 2. The van der Waals surface area contributed by atoms with Crippen LogP contribution in [0.15, 0.2) is 64.5 Å². The van der Waals surface area contributed by atoms with E-state index in [0.29, 0.717) is 28.0 Å². The molecule has 0 spiro atoms. The number of thioether (sulfide) groups is 1. The summed E-state index contributed by atoms with van der Waals surface area (Å²) in [5.74, 6) is -2.21. The highest BCUT2D eigenvalue weighted by Crippen LogP contribution is 2.32. The summed E-state index contributed by atoms with van der Waals surface area (Å²) in [6, 6.07) is 14.4. The van der Waals surface area contributed by atoms with Gasteiger partial charge in [0.1, 0.15) is 16.5 Å². The number of amides is 1. The SMILES string of the molecule is COCCn1c(SCC(=O)Nc2ccc(F)cc2F)nc2sc(-c3ccccc3)cc2c1=O. The third kappa shape index (κ3) is 5.29. The van der Waals surface area contributed by atoms with Gasteiger partial charge >= 0.3 is 0 Å². The Kier molecular flexibility index (Phi) is 7.17. The number of rotatable bonds is 8. The van der Waals surface area contributed by atoms with Crippen LogP contribution in [-0.2, 0) is 16.1 Å². The maximum atomic E-state index is 13.8. The van der Waals surface area contributed by atoms with Crippen LogP contribution in [0.3, 0.4) is 0 Å². The summed E-state index contributed by atoms with van der Waals surface area (Å²) in [6.45, 7) is 0.564. The summed E-state index contributed by atoms with van der Waals surface area (Å²) in [5, 5.41) is 3.27. The van der Waals surface area contributed by atoms with Crippen LogP contribution in [0, 0.1) is 11.6 Å². The topological polar surface area (TPSA) is 73.2 Å². The van der Waals surface area contributed by atoms with E-state index in [1.54, 1.807) is 0 Å². The molecule has 0 saturated heterocycles. The lowest BCUT2D eigenvalue weighted by atomic mass is 10.2. The molecule has 2 heterocycles. The summed E-state index contributed by atoms with van der Waals surface area (Å²) in [5.41, 5.74) is 0.647. The number of hydrogen-bond donors (Lipinski definition) is 1. The molecular formula is C23H19F2N3O3S2. The number of nitrogens with zero attached hydrogens (tertiary/aromatic N) is 2. The van der Waals surface area contributed by atoms with E-state index >= 15 is 0 Å². The Morgan fingerprint density at radius 2 is 1.97 bits per heavy atom. The van der Waals surface area contributed by atoms with Crippen molar-refractivity contribution < 1.29 is 18.3 Å². The molecule has 2 aromatic carbocycles. The molecule has 0 bridgehead atoms. The van der Waals surface area contributed by atoms with Crippen LogP contribution in [0.1, 0.15) is 0 Å². The lowest BCUT2D eigenvalue weighted by Crippen LogP contribution is -2.25. The maximum absolute atomic E-state index is 13.8. The van der Waals surface area contributed by atoms with Crippen LogP contribution in [-0.4, -0.2) is 34.9 Å². The Bertz CT molecular complexity index is 1360. The normalized spacial score (nSPS) is 11.1. The fraction of sp³-hybridized carbons (Fsp3) is 0.174. The van der Waals surface area contributed by atoms with Gasteiger partial charge in [-0.05, 0) is 23.8 Å². The molecule has 6 nitrogen and oxygen atoms in total. The Morgan fingerprint density at radius 3 is 2.70 bits per heavy atom. The lowest BCUT2D eigenvalue weighted by Gasteiger charge is -2.11. The van der Waals surface area contributed by atoms with Crippen LogP contribution in [0.2, 0.25) is 0 Å². The smallest absolute Gasteiger partial charge is 0.263 e. The highest BCUT2D eigenvalue weighted by molar-refractivity contribution is 7.99. The molecular weight excluding hydrogens is 468 g/mol. The van der Waals surface area contributed by atoms with Crippen LogP contribution in [0.5, 0.6) is 0 Å². The fourth-order valence-corrected chi connectivity index (χ4v) is 5.04. The minimum absolute atomic E-state index is 0.112. The van der Waals surface area contributed by atoms with Crippen molar-refractivity contribution in [3.05, 3.63) is 76.6 Å². The summed E-state index contributed by atoms with van der Waals surface area (Å²) < 4.78 is 33.5. The minimum Gasteiger partial charge on any atom is -0.383 e. The predicted molar refractivity (Wildman–Crippen MR) is 127 cm³/mol. The molecule has 1 amide bonds. The van der Waals surface area contributed by atoms with Crippen molar-refractivity contribution in [1.29, 1.82) is 0 Å². The third-order valence-electron chi connectivity index (χ3n) is 4.73. The molecule has 4 aromatic rings. The van der Waals surface area contributed by atoms with Gasteiger partial charge in [-0.25, -0.2) is 13.8 Å². The first-order chi connectivity index (χ1) is 16.0. The zero-order valence-corrected chi connectivity index (χ0v) is 19.1. The molecule has 10 heteroatoms. The van der Waals surface area contributed by atoms with E-state index in [0.717, 1.165) is 34.3 Å². The van der Waals surface area contributed by atoms with E-state index < -0.39 is 17.5 Å². The van der Waals surface area contributed by atoms with Crippen LogP contribution in [0.4, 0.5) is 14.5 Å². The summed E-state index contributed by atoms with van der Waals surface area (Å²) in [6.07, 6.45) is 0. The summed E-state index contributed by atoms with van der Waals surface area (Å²) >= 11 is 2.46. The molecule has 0 radical (unpaired) electrons. The zero-order chi connectivity index (χ0) is 23.4. The third-order valence-corrected chi connectivity index (χ3v) is 6.79. The second-order valence-electron chi connectivity index (χ2n) is 7.00. The maximum Gasteiger partial charge on any atom is 0.263 e. The number of benzene rings is 2. The minimum atomic E-state index is -0.864. The average molecular weight is 488 g/mol. The number of thiophene rings is 1. The van der Waals surface area contributed by atoms with Crippen molar-refractivity contribution in [2.24, 2.45) is 0 Å². The number of carbonyl (C=O) groups is 1. The largest absolute Gasteiger partial charge is 0.383 e. The zero-order valence-electron chi connectivity index (χ0n) is 17.5. The Morgan fingerprint density at radius 1 is 1.18 bits per heavy atom. The van der Waals surface area contributed by atoms with Crippen molar-refractivity contribution in [3.8, 4) is 10.4 Å². The molecule has 0 atom stereocenters. The highest BCUT2D eigenvalue weighted by Gasteiger charge is 2.17. The highest BCUT2D eigenvalue weighted by atomic mass is 32.2. The number of hydrogen-bond acceptors (Lipinski definition) is 6. The number of nitrogens with one attached hydrogen (secondary N) is 1. The first-order valence-electron chi connectivity index (χ1n) is 9.92. The van der Waals surface area contributed by atoms with Crippen molar-refractivity contribution >= 4 is 44.9 Å². The molecule has 170 valence electrons. The van der Waals surface area contributed by atoms with E-state index in [-0.39, 0.29) is 23.5 Å². The number of fused-ring (bicyclic) bond motifs is 1. The molecule has 2 aromatic heterocycles.